The first-order chi connectivity index (χ1) is 13.1. The number of aromatic amines is 1. The van der Waals surface area contributed by atoms with E-state index in [1.54, 1.807) is 54.6 Å². The summed E-state index contributed by atoms with van der Waals surface area (Å²) in [6, 6.07) is 14.9. The number of para-hydroxylation sites is 1. The molecule has 0 atom stereocenters. The quantitative estimate of drug-likeness (QED) is 0.243. The number of hydrogen-bond donors (Lipinski definition) is 3. The third-order valence-electron chi connectivity index (χ3n) is 3.36. The van der Waals surface area contributed by atoms with Crippen molar-refractivity contribution in [2.24, 2.45) is 10.2 Å². The number of carboxylic acids is 1. The highest BCUT2D eigenvalue weighted by molar-refractivity contribution is 7.94. The summed E-state index contributed by atoms with van der Waals surface area (Å²) in [4.78, 5) is 24.6. The van der Waals surface area contributed by atoms with Crippen LogP contribution in [-0.2, 0) is 9.37 Å². The second-order valence-electron chi connectivity index (χ2n) is 5.04. The molecule has 0 radical (unpaired) electrons. The van der Waals surface area contributed by atoms with Gasteiger partial charge < -0.3 is 5.11 Å². The highest BCUT2D eigenvalue weighted by Gasteiger charge is 2.20. The maximum Gasteiger partial charge on any atom is 0.356 e. The number of aromatic carboxylic acids is 1. The Hall–Kier alpha value is -3.25. The molecule has 0 bridgehead atoms. The summed E-state index contributed by atoms with van der Waals surface area (Å²) in [5.74, 6) is -1.33. The predicted molar refractivity (Wildman–Crippen MR) is 94.6 cm³/mol. The molecule has 0 amide bonds. The van der Waals surface area contributed by atoms with Crippen LogP contribution in [0.2, 0.25) is 0 Å². The molecule has 10 nitrogen and oxygen atoms in total. The van der Waals surface area contributed by atoms with Gasteiger partial charge in [0.2, 0.25) is 0 Å². The third kappa shape index (κ3) is 4.30. The molecule has 1 heterocycles. The molecule has 0 aliphatic carbocycles. The Labute approximate surface area is 155 Å². The van der Waals surface area contributed by atoms with E-state index in [-0.39, 0.29) is 11.4 Å². The zero-order valence-electron chi connectivity index (χ0n) is 13.5. The zero-order valence-corrected chi connectivity index (χ0v) is 14.3. The standard InChI is InChI=1S/C16H12N4O6S/c21-15-13(18-17-10-6-8-12(9-7-10)27-26-25-24)14(16(22)23)19-20(15)11-4-2-1-3-5-11/h1-9,19,24H,(H,22,23). The maximum absolute atomic E-state index is 12.5. The van der Waals surface area contributed by atoms with Crippen LogP contribution in [-0.4, -0.2) is 26.1 Å². The molecule has 0 aliphatic rings. The van der Waals surface area contributed by atoms with Crippen LogP contribution < -0.4 is 5.56 Å². The lowest BCUT2D eigenvalue weighted by Gasteiger charge is -1.99. The number of azo groups is 1. The molecule has 0 spiro atoms. The number of nitrogens with one attached hydrogen (secondary N) is 1. The molecule has 0 unspecified atom stereocenters. The molecule has 3 aromatic rings. The van der Waals surface area contributed by atoms with Crippen molar-refractivity contribution in [3.63, 3.8) is 0 Å². The van der Waals surface area contributed by atoms with E-state index < -0.39 is 11.5 Å². The number of aromatic nitrogens is 2. The van der Waals surface area contributed by atoms with E-state index in [1.165, 1.54) is 0 Å². The number of H-pyrrole nitrogens is 1. The van der Waals surface area contributed by atoms with Crippen molar-refractivity contribution in [3.05, 3.63) is 70.6 Å². The van der Waals surface area contributed by atoms with Crippen LogP contribution in [0.15, 0.2) is 74.5 Å². The Balaban J connectivity index is 1.92. The molecule has 3 N–H and O–H groups in total. The molecule has 138 valence electrons. The zero-order chi connectivity index (χ0) is 19.2. The Bertz CT molecular complexity index is 1010. The largest absolute Gasteiger partial charge is 0.476 e. The smallest absolute Gasteiger partial charge is 0.356 e. The van der Waals surface area contributed by atoms with Crippen molar-refractivity contribution in [2.45, 2.75) is 4.90 Å². The molecule has 0 saturated carbocycles. The van der Waals surface area contributed by atoms with E-state index in [9.17, 15) is 14.7 Å². The molecule has 11 heteroatoms. The second-order valence-corrected chi connectivity index (χ2v) is 5.81. The highest BCUT2D eigenvalue weighted by atomic mass is 32.2. The molecule has 3 rings (SSSR count). The van der Waals surface area contributed by atoms with Crippen LogP contribution in [0.1, 0.15) is 10.5 Å². The van der Waals surface area contributed by atoms with Gasteiger partial charge in [0.05, 0.1) is 23.4 Å². The summed E-state index contributed by atoms with van der Waals surface area (Å²) in [5, 5.41) is 31.2. The second kappa shape index (κ2) is 8.42. The molecule has 2 aromatic carbocycles. The Morgan fingerprint density at radius 3 is 2.41 bits per heavy atom. The van der Waals surface area contributed by atoms with Crippen molar-refractivity contribution in [1.29, 1.82) is 0 Å². The summed E-state index contributed by atoms with van der Waals surface area (Å²) in [7, 11) is 0. The molecule has 1 aromatic heterocycles. The van der Waals surface area contributed by atoms with Crippen molar-refractivity contribution in [3.8, 4) is 5.69 Å². The molecular formula is C16H12N4O6S. The van der Waals surface area contributed by atoms with Crippen LogP contribution >= 0.6 is 12.0 Å². The molecule has 0 fully saturated rings. The fourth-order valence-corrected chi connectivity index (χ4v) is 2.52. The van der Waals surface area contributed by atoms with Crippen LogP contribution in [0, 0.1) is 0 Å². The minimum absolute atomic E-state index is 0.318. The first-order valence-corrected chi connectivity index (χ1v) is 8.14. The number of carboxylic acid groups (broad SMARTS) is 1. The van der Waals surface area contributed by atoms with Gasteiger partial charge >= 0.3 is 5.97 Å². The predicted octanol–water partition coefficient (Wildman–Crippen LogP) is 3.71. The van der Waals surface area contributed by atoms with Crippen LogP contribution in [0.3, 0.4) is 0 Å². The third-order valence-corrected chi connectivity index (χ3v) is 3.95. The topological polar surface area (TPSA) is 138 Å². The minimum atomic E-state index is -1.33. The van der Waals surface area contributed by atoms with Crippen LogP contribution in [0.5, 0.6) is 0 Å². The van der Waals surface area contributed by atoms with E-state index in [1.807, 2.05) is 0 Å². The SMILES string of the molecule is O=C(O)c1[nH]n(-c2ccccc2)c(=O)c1N=Nc1ccc(SOOO)cc1. The van der Waals surface area contributed by atoms with Crippen LogP contribution in [0.25, 0.3) is 5.69 Å². The first kappa shape index (κ1) is 18.5. The molecule has 0 saturated heterocycles. The minimum Gasteiger partial charge on any atom is -0.476 e. The highest BCUT2D eigenvalue weighted by Crippen LogP contribution is 2.24. The molecule has 27 heavy (non-hydrogen) atoms. The average Bonchev–Trinajstić information content (AvgIpc) is 3.03. The lowest BCUT2D eigenvalue weighted by Crippen LogP contribution is -2.13. The van der Waals surface area contributed by atoms with E-state index in [0.717, 1.165) is 16.7 Å². The van der Waals surface area contributed by atoms with Gasteiger partial charge in [-0.05, 0) is 36.4 Å². The van der Waals surface area contributed by atoms with E-state index in [0.29, 0.717) is 16.3 Å². The Kier molecular flexibility index (Phi) is 5.78. The van der Waals surface area contributed by atoms with Crippen molar-refractivity contribution in [2.75, 3.05) is 0 Å². The summed E-state index contributed by atoms with van der Waals surface area (Å²) < 4.78 is 5.38. The van der Waals surface area contributed by atoms with Gasteiger partial charge in [-0.2, -0.15) is 5.11 Å². The summed E-state index contributed by atoms with van der Waals surface area (Å²) in [6.45, 7) is 0. The summed E-state index contributed by atoms with van der Waals surface area (Å²) in [6.07, 6.45) is 0. The van der Waals surface area contributed by atoms with E-state index >= 15 is 0 Å². The van der Waals surface area contributed by atoms with Crippen LogP contribution in [0.4, 0.5) is 11.4 Å². The normalized spacial score (nSPS) is 11.1. The van der Waals surface area contributed by atoms with Gasteiger partial charge in [0.25, 0.3) is 5.56 Å². The van der Waals surface area contributed by atoms with Gasteiger partial charge in [-0.3, -0.25) is 9.89 Å². The van der Waals surface area contributed by atoms with Gasteiger partial charge in [-0.15, -0.1) is 9.45 Å². The summed E-state index contributed by atoms with van der Waals surface area (Å²) in [5.41, 5.74) is -0.468. The fraction of sp³-hybridized carbons (Fsp3) is 0. The lowest BCUT2D eigenvalue weighted by molar-refractivity contribution is -0.432. The van der Waals surface area contributed by atoms with Crippen molar-refractivity contribution < 1.29 is 24.5 Å². The van der Waals surface area contributed by atoms with Gasteiger partial charge in [0.15, 0.2) is 11.4 Å². The number of hydrogen-bond acceptors (Lipinski definition) is 8. The number of carbonyl (C=O) groups is 1. The fourth-order valence-electron chi connectivity index (χ4n) is 2.16. The first-order valence-electron chi connectivity index (χ1n) is 7.40. The average molecular weight is 388 g/mol. The molecule has 0 aliphatic heterocycles. The van der Waals surface area contributed by atoms with Gasteiger partial charge in [-0.25, -0.2) is 14.7 Å². The monoisotopic (exact) mass is 388 g/mol. The van der Waals surface area contributed by atoms with E-state index in [2.05, 4.69) is 24.7 Å². The number of benzene rings is 2. The van der Waals surface area contributed by atoms with Gasteiger partial charge in [0, 0.05) is 4.90 Å². The number of rotatable bonds is 7. The Morgan fingerprint density at radius 2 is 1.78 bits per heavy atom. The maximum atomic E-state index is 12.5. The van der Waals surface area contributed by atoms with E-state index in [4.69, 9.17) is 5.26 Å². The lowest BCUT2D eigenvalue weighted by atomic mass is 10.3. The molecular weight excluding hydrogens is 376 g/mol. The van der Waals surface area contributed by atoms with Gasteiger partial charge in [0.1, 0.15) is 0 Å². The van der Waals surface area contributed by atoms with Gasteiger partial charge in [-0.1, -0.05) is 23.2 Å². The van der Waals surface area contributed by atoms with Crippen molar-refractivity contribution >= 4 is 29.4 Å². The number of nitrogens with zero attached hydrogens (tertiary/aromatic N) is 3. The van der Waals surface area contributed by atoms with Crippen molar-refractivity contribution in [1.82, 2.24) is 9.78 Å². The Morgan fingerprint density at radius 1 is 1.07 bits per heavy atom. The summed E-state index contributed by atoms with van der Waals surface area (Å²) >= 11 is 0.773.